The van der Waals surface area contributed by atoms with Crippen LogP contribution in [0.15, 0.2) is 18.2 Å². The first-order valence-electron chi connectivity index (χ1n) is 6.69. The van der Waals surface area contributed by atoms with Gasteiger partial charge < -0.3 is 4.57 Å². The lowest BCUT2D eigenvalue weighted by atomic mass is 9.81. The molecule has 0 amide bonds. The van der Waals surface area contributed by atoms with Gasteiger partial charge in [0.1, 0.15) is 5.82 Å². The molecule has 0 N–H and O–H groups in total. The number of aryl methyl sites for hydroxylation is 1. The maximum atomic E-state index is 6.30. The Labute approximate surface area is 113 Å². The number of alkyl halides is 1. The summed E-state index contributed by atoms with van der Waals surface area (Å²) in [6.07, 6.45) is 2.49. The highest BCUT2D eigenvalue weighted by Gasteiger charge is 2.30. The minimum Gasteiger partial charge on any atom is -0.324 e. The molecule has 0 bridgehead atoms. The standard InChI is InChI=1S/C15H19ClN2/c1-9-4-5-14-13(8-9)17-15(11(3)16)18(14)12-6-10(2)7-12/h4-5,8,10-12H,6-7H2,1-3H3. The van der Waals surface area contributed by atoms with E-state index in [0.29, 0.717) is 6.04 Å². The fourth-order valence-electron chi connectivity index (χ4n) is 2.96. The molecule has 2 aromatic rings. The molecule has 1 aromatic carbocycles. The molecule has 1 fully saturated rings. The van der Waals surface area contributed by atoms with E-state index in [1.54, 1.807) is 0 Å². The molecule has 1 aliphatic carbocycles. The molecule has 1 heterocycles. The van der Waals surface area contributed by atoms with Crippen LogP contribution in [0, 0.1) is 12.8 Å². The fourth-order valence-corrected chi connectivity index (χ4v) is 3.12. The average Bonchev–Trinajstić information content (AvgIpc) is 2.63. The second-order valence-corrected chi connectivity index (χ2v) is 6.33. The molecule has 1 aromatic heterocycles. The van der Waals surface area contributed by atoms with Gasteiger partial charge >= 0.3 is 0 Å². The summed E-state index contributed by atoms with van der Waals surface area (Å²) in [5.74, 6) is 1.85. The SMILES string of the molecule is Cc1ccc2c(c1)nc(C(C)Cl)n2C1CC(C)C1. The van der Waals surface area contributed by atoms with Gasteiger partial charge in [-0.15, -0.1) is 11.6 Å². The van der Waals surface area contributed by atoms with Gasteiger partial charge in [-0.1, -0.05) is 13.0 Å². The van der Waals surface area contributed by atoms with Crippen molar-refractivity contribution in [3.8, 4) is 0 Å². The normalized spacial score (nSPS) is 25.1. The van der Waals surface area contributed by atoms with Gasteiger partial charge in [0.2, 0.25) is 0 Å². The number of imidazole rings is 1. The molecule has 0 spiro atoms. The molecule has 18 heavy (non-hydrogen) atoms. The molecule has 3 rings (SSSR count). The Kier molecular flexibility index (Phi) is 2.86. The minimum atomic E-state index is -0.0337. The van der Waals surface area contributed by atoms with Crippen molar-refractivity contribution < 1.29 is 0 Å². The van der Waals surface area contributed by atoms with Crippen molar-refractivity contribution in [2.24, 2.45) is 5.92 Å². The molecule has 2 nitrogen and oxygen atoms in total. The number of nitrogens with zero attached hydrogens (tertiary/aromatic N) is 2. The van der Waals surface area contributed by atoms with Crippen LogP contribution >= 0.6 is 11.6 Å². The van der Waals surface area contributed by atoms with Crippen molar-refractivity contribution in [2.45, 2.75) is 45.0 Å². The van der Waals surface area contributed by atoms with Gasteiger partial charge in [-0.05, 0) is 50.3 Å². The van der Waals surface area contributed by atoms with E-state index in [4.69, 9.17) is 16.6 Å². The Morgan fingerprint density at radius 1 is 1.39 bits per heavy atom. The lowest BCUT2D eigenvalue weighted by Crippen LogP contribution is -2.26. The van der Waals surface area contributed by atoms with Crippen LogP contribution in [0.25, 0.3) is 11.0 Å². The first-order chi connectivity index (χ1) is 8.56. The van der Waals surface area contributed by atoms with E-state index >= 15 is 0 Å². The van der Waals surface area contributed by atoms with E-state index in [-0.39, 0.29) is 5.38 Å². The van der Waals surface area contributed by atoms with Crippen LogP contribution in [0.3, 0.4) is 0 Å². The van der Waals surface area contributed by atoms with Crippen LogP contribution in [0.2, 0.25) is 0 Å². The first kappa shape index (κ1) is 12.0. The van der Waals surface area contributed by atoms with E-state index in [9.17, 15) is 0 Å². The molecule has 96 valence electrons. The van der Waals surface area contributed by atoms with Crippen molar-refractivity contribution >= 4 is 22.6 Å². The summed E-state index contributed by atoms with van der Waals surface area (Å²) in [7, 11) is 0. The van der Waals surface area contributed by atoms with Gasteiger partial charge in [-0.25, -0.2) is 4.98 Å². The number of benzene rings is 1. The Hall–Kier alpha value is -1.02. The van der Waals surface area contributed by atoms with E-state index in [1.165, 1.54) is 23.9 Å². The number of hydrogen-bond acceptors (Lipinski definition) is 1. The third kappa shape index (κ3) is 1.83. The Morgan fingerprint density at radius 2 is 2.11 bits per heavy atom. The highest BCUT2D eigenvalue weighted by molar-refractivity contribution is 6.20. The lowest BCUT2D eigenvalue weighted by Gasteiger charge is -2.35. The number of hydrogen-bond donors (Lipinski definition) is 0. The molecular weight excluding hydrogens is 244 g/mol. The quantitative estimate of drug-likeness (QED) is 0.723. The van der Waals surface area contributed by atoms with E-state index in [1.807, 2.05) is 6.92 Å². The van der Waals surface area contributed by atoms with Crippen LogP contribution in [0.5, 0.6) is 0 Å². The van der Waals surface area contributed by atoms with Crippen LogP contribution < -0.4 is 0 Å². The third-order valence-corrected chi connectivity index (χ3v) is 4.14. The zero-order chi connectivity index (χ0) is 12.9. The zero-order valence-electron chi connectivity index (χ0n) is 11.2. The topological polar surface area (TPSA) is 17.8 Å². The number of rotatable bonds is 2. The molecular formula is C15H19ClN2. The fraction of sp³-hybridized carbons (Fsp3) is 0.533. The third-order valence-electron chi connectivity index (χ3n) is 3.94. The minimum absolute atomic E-state index is 0.0337. The van der Waals surface area contributed by atoms with Crippen LogP contribution in [-0.2, 0) is 0 Å². The largest absolute Gasteiger partial charge is 0.324 e. The predicted molar refractivity (Wildman–Crippen MR) is 76.2 cm³/mol. The molecule has 3 heteroatoms. The summed E-state index contributed by atoms with van der Waals surface area (Å²) in [5, 5.41) is -0.0337. The second kappa shape index (κ2) is 4.27. The maximum absolute atomic E-state index is 6.30. The molecule has 0 radical (unpaired) electrons. The summed E-state index contributed by atoms with van der Waals surface area (Å²) < 4.78 is 2.37. The summed E-state index contributed by atoms with van der Waals surface area (Å²) in [6.45, 7) is 6.42. The van der Waals surface area contributed by atoms with Crippen LogP contribution in [-0.4, -0.2) is 9.55 Å². The highest BCUT2D eigenvalue weighted by atomic mass is 35.5. The van der Waals surface area contributed by atoms with E-state index in [0.717, 1.165) is 17.3 Å². The number of halogens is 1. The van der Waals surface area contributed by atoms with Crippen molar-refractivity contribution in [2.75, 3.05) is 0 Å². The molecule has 0 aliphatic heterocycles. The van der Waals surface area contributed by atoms with Gasteiger partial charge in [-0.3, -0.25) is 0 Å². The molecule has 1 saturated carbocycles. The Bertz CT molecular complexity index is 579. The molecule has 1 aliphatic rings. The zero-order valence-corrected chi connectivity index (χ0v) is 11.9. The van der Waals surface area contributed by atoms with Crippen molar-refractivity contribution in [1.29, 1.82) is 0 Å². The van der Waals surface area contributed by atoms with Gasteiger partial charge in [0.05, 0.1) is 16.4 Å². The number of fused-ring (bicyclic) bond motifs is 1. The smallest absolute Gasteiger partial charge is 0.127 e. The predicted octanol–water partition coefficient (Wildman–Crippen LogP) is 4.62. The van der Waals surface area contributed by atoms with Gasteiger partial charge in [0.15, 0.2) is 0 Å². The monoisotopic (exact) mass is 262 g/mol. The van der Waals surface area contributed by atoms with Crippen LogP contribution in [0.4, 0.5) is 0 Å². The molecule has 0 saturated heterocycles. The van der Waals surface area contributed by atoms with Gasteiger partial charge in [0, 0.05) is 6.04 Å². The van der Waals surface area contributed by atoms with Gasteiger partial charge in [0.25, 0.3) is 0 Å². The Morgan fingerprint density at radius 3 is 2.72 bits per heavy atom. The average molecular weight is 263 g/mol. The van der Waals surface area contributed by atoms with E-state index < -0.39 is 0 Å². The highest BCUT2D eigenvalue weighted by Crippen LogP contribution is 2.41. The first-order valence-corrected chi connectivity index (χ1v) is 7.12. The van der Waals surface area contributed by atoms with Crippen LogP contribution in [0.1, 0.15) is 49.5 Å². The lowest BCUT2D eigenvalue weighted by molar-refractivity contribution is 0.216. The van der Waals surface area contributed by atoms with E-state index in [2.05, 4.69) is 36.6 Å². The van der Waals surface area contributed by atoms with Gasteiger partial charge in [-0.2, -0.15) is 0 Å². The molecule has 1 atom stereocenters. The van der Waals surface area contributed by atoms with Crippen molar-refractivity contribution in [1.82, 2.24) is 9.55 Å². The number of aromatic nitrogens is 2. The Balaban J connectivity index is 2.16. The maximum Gasteiger partial charge on any atom is 0.127 e. The summed E-state index contributed by atoms with van der Waals surface area (Å²) in [4.78, 5) is 4.73. The summed E-state index contributed by atoms with van der Waals surface area (Å²) in [6, 6.07) is 7.08. The second-order valence-electron chi connectivity index (χ2n) is 5.68. The molecule has 1 unspecified atom stereocenters. The summed E-state index contributed by atoms with van der Waals surface area (Å²) >= 11 is 6.30. The summed E-state index contributed by atoms with van der Waals surface area (Å²) in [5.41, 5.74) is 3.57. The van der Waals surface area contributed by atoms with Crippen molar-refractivity contribution in [3.63, 3.8) is 0 Å². The van der Waals surface area contributed by atoms with Crippen molar-refractivity contribution in [3.05, 3.63) is 29.6 Å².